The molecule has 1 saturated carbocycles. The second-order valence-electron chi connectivity index (χ2n) is 5.47. The SMILES string of the molecule is O=[N+]([O-])c1ccc(CNC2CCCCCCC2)cc1F. The Kier molecular flexibility index (Phi) is 5.47. The van der Waals surface area contributed by atoms with E-state index in [0.717, 1.165) is 18.4 Å². The molecule has 1 aromatic carbocycles. The zero-order chi connectivity index (χ0) is 14.4. The normalized spacial score (nSPS) is 17.4. The molecule has 0 spiro atoms. The lowest BCUT2D eigenvalue weighted by molar-refractivity contribution is -0.387. The second kappa shape index (κ2) is 7.33. The molecule has 110 valence electrons. The van der Waals surface area contributed by atoms with Crippen LogP contribution in [0.3, 0.4) is 0 Å². The smallest absolute Gasteiger partial charge is 0.304 e. The molecule has 20 heavy (non-hydrogen) atoms. The highest BCUT2D eigenvalue weighted by atomic mass is 19.1. The first-order valence-corrected chi connectivity index (χ1v) is 7.33. The number of benzene rings is 1. The summed E-state index contributed by atoms with van der Waals surface area (Å²) in [5.74, 6) is -0.757. The van der Waals surface area contributed by atoms with Gasteiger partial charge in [-0.25, -0.2) is 0 Å². The monoisotopic (exact) mass is 280 g/mol. The number of rotatable bonds is 4. The molecule has 0 bridgehead atoms. The Hall–Kier alpha value is -1.49. The third kappa shape index (κ3) is 4.27. The Bertz CT molecular complexity index is 457. The van der Waals surface area contributed by atoms with Crippen molar-refractivity contribution in [3.8, 4) is 0 Å². The lowest BCUT2D eigenvalue weighted by Crippen LogP contribution is -2.29. The molecule has 0 aliphatic heterocycles. The quantitative estimate of drug-likeness (QED) is 0.671. The Morgan fingerprint density at radius 3 is 2.45 bits per heavy atom. The molecule has 1 fully saturated rings. The third-order valence-corrected chi connectivity index (χ3v) is 3.91. The van der Waals surface area contributed by atoms with Gasteiger partial charge in [-0.2, -0.15) is 4.39 Å². The van der Waals surface area contributed by atoms with Gasteiger partial charge in [0.15, 0.2) is 0 Å². The van der Waals surface area contributed by atoms with E-state index in [1.165, 1.54) is 44.2 Å². The maximum atomic E-state index is 13.5. The maximum absolute atomic E-state index is 13.5. The van der Waals surface area contributed by atoms with Gasteiger partial charge in [0.25, 0.3) is 0 Å². The van der Waals surface area contributed by atoms with Gasteiger partial charge in [0.05, 0.1) is 4.92 Å². The van der Waals surface area contributed by atoms with Gasteiger partial charge in [-0.15, -0.1) is 0 Å². The summed E-state index contributed by atoms with van der Waals surface area (Å²) in [6, 6.07) is 4.60. The van der Waals surface area contributed by atoms with Crippen LogP contribution in [0, 0.1) is 15.9 Å². The van der Waals surface area contributed by atoms with Gasteiger partial charge in [-0.05, 0) is 24.5 Å². The van der Waals surface area contributed by atoms with E-state index in [1.54, 1.807) is 6.07 Å². The van der Waals surface area contributed by atoms with Crippen LogP contribution in [0.2, 0.25) is 0 Å². The zero-order valence-corrected chi connectivity index (χ0v) is 11.6. The summed E-state index contributed by atoms with van der Waals surface area (Å²) in [4.78, 5) is 9.87. The van der Waals surface area contributed by atoms with E-state index < -0.39 is 16.4 Å². The van der Waals surface area contributed by atoms with Gasteiger partial charge < -0.3 is 5.32 Å². The summed E-state index contributed by atoms with van der Waals surface area (Å²) >= 11 is 0. The Morgan fingerprint density at radius 1 is 1.20 bits per heavy atom. The fourth-order valence-corrected chi connectivity index (χ4v) is 2.73. The average Bonchev–Trinajstić information content (AvgIpc) is 2.37. The van der Waals surface area contributed by atoms with Crippen LogP contribution in [-0.4, -0.2) is 11.0 Å². The molecular formula is C15H21FN2O2. The van der Waals surface area contributed by atoms with Crippen LogP contribution >= 0.6 is 0 Å². The molecule has 0 radical (unpaired) electrons. The van der Waals surface area contributed by atoms with Crippen molar-refractivity contribution in [2.24, 2.45) is 0 Å². The van der Waals surface area contributed by atoms with Crippen molar-refractivity contribution in [1.29, 1.82) is 0 Å². The predicted octanol–water partition coefficient (Wildman–Crippen LogP) is 3.94. The van der Waals surface area contributed by atoms with Crippen LogP contribution < -0.4 is 5.32 Å². The minimum absolute atomic E-state index is 0.459. The molecule has 1 N–H and O–H groups in total. The van der Waals surface area contributed by atoms with Crippen LogP contribution in [0.25, 0.3) is 0 Å². The lowest BCUT2D eigenvalue weighted by Gasteiger charge is -2.21. The lowest BCUT2D eigenvalue weighted by atomic mass is 9.96. The van der Waals surface area contributed by atoms with Crippen molar-refractivity contribution < 1.29 is 9.31 Å². The largest absolute Gasteiger partial charge is 0.310 e. The Morgan fingerprint density at radius 2 is 1.85 bits per heavy atom. The van der Waals surface area contributed by atoms with Gasteiger partial charge in [0, 0.05) is 18.7 Å². The Labute approximate surface area is 118 Å². The number of halogens is 1. The van der Waals surface area contributed by atoms with Crippen LogP contribution in [0.15, 0.2) is 18.2 Å². The van der Waals surface area contributed by atoms with Gasteiger partial charge in [0.2, 0.25) is 5.82 Å². The molecule has 0 aromatic heterocycles. The summed E-state index contributed by atoms with van der Waals surface area (Å²) in [7, 11) is 0. The molecule has 4 nitrogen and oxygen atoms in total. The molecule has 0 saturated heterocycles. The van der Waals surface area contributed by atoms with Crippen LogP contribution in [0.5, 0.6) is 0 Å². The van der Waals surface area contributed by atoms with E-state index in [-0.39, 0.29) is 0 Å². The minimum atomic E-state index is -0.757. The van der Waals surface area contributed by atoms with Crippen molar-refractivity contribution in [1.82, 2.24) is 5.32 Å². The Balaban J connectivity index is 1.89. The van der Waals surface area contributed by atoms with Crippen molar-refractivity contribution in [3.63, 3.8) is 0 Å². The highest BCUT2D eigenvalue weighted by Crippen LogP contribution is 2.20. The van der Waals surface area contributed by atoms with E-state index in [2.05, 4.69) is 5.32 Å². The molecule has 0 heterocycles. The fraction of sp³-hybridized carbons (Fsp3) is 0.600. The van der Waals surface area contributed by atoms with Gasteiger partial charge in [-0.1, -0.05) is 38.2 Å². The summed E-state index contributed by atoms with van der Waals surface area (Å²) in [5.41, 5.74) is 0.301. The standard InChI is InChI=1S/C15H21FN2O2/c16-14-10-12(8-9-15(14)18(19)20)11-17-13-6-4-2-1-3-5-7-13/h8-10,13,17H,1-7,11H2. The first-order chi connectivity index (χ1) is 9.66. The van der Waals surface area contributed by atoms with Gasteiger partial charge in [-0.3, -0.25) is 10.1 Å². The number of nitro groups is 1. The van der Waals surface area contributed by atoms with E-state index in [9.17, 15) is 14.5 Å². The van der Waals surface area contributed by atoms with Crippen molar-refractivity contribution in [2.45, 2.75) is 57.5 Å². The summed E-state index contributed by atoms with van der Waals surface area (Å²) < 4.78 is 13.5. The van der Waals surface area contributed by atoms with Gasteiger partial charge in [0.1, 0.15) is 0 Å². The molecular weight excluding hydrogens is 259 g/mol. The van der Waals surface area contributed by atoms with E-state index in [4.69, 9.17) is 0 Å². The molecule has 0 unspecified atom stereocenters. The average molecular weight is 280 g/mol. The van der Waals surface area contributed by atoms with Gasteiger partial charge >= 0.3 is 5.69 Å². The zero-order valence-electron chi connectivity index (χ0n) is 11.6. The molecule has 1 aliphatic rings. The number of nitro benzene ring substituents is 1. The van der Waals surface area contributed by atoms with Crippen LogP contribution in [0.4, 0.5) is 10.1 Å². The molecule has 0 amide bonds. The van der Waals surface area contributed by atoms with E-state index in [0.29, 0.717) is 12.6 Å². The first kappa shape index (κ1) is 14.9. The molecule has 2 rings (SSSR count). The summed E-state index contributed by atoms with van der Waals surface area (Å²) in [6.07, 6.45) is 8.73. The van der Waals surface area contributed by atoms with E-state index in [1.807, 2.05) is 0 Å². The number of hydrogen-bond donors (Lipinski definition) is 1. The number of nitrogens with one attached hydrogen (secondary N) is 1. The maximum Gasteiger partial charge on any atom is 0.304 e. The van der Waals surface area contributed by atoms with E-state index >= 15 is 0 Å². The molecule has 5 heteroatoms. The summed E-state index contributed by atoms with van der Waals surface area (Å²) in [6.45, 7) is 0.569. The molecule has 0 atom stereocenters. The molecule has 1 aliphatic carbocycles. The van der Waals surface area contributed by atoms with Crippen LogP contribution in [0.1, 0.15) is 50.5 Å². The fourth-order valence-electron chi connectivity index (χ4n) is 2.73. The first-order valence-electron chi connectivity index (χ1n) is 7.33. The predicted molar refractivity (Wildman–Crippen MR) is 76.0 cm³/mol. The minimum Gasteiger partial charge on any atom is -0.310 e. The highest BCUT2D eigenvalue weighted by Gasteiger charge is 2.15. The highest BCUT2D eigenvalue weighted by molar-refractivity contribution is 5.34. The van der Waals surface area contributed by atoms with Crippen molar-refractivity contribution in [3.05, 3.63) is 39.7 Å². The number of nitrogens with zero attached hydrogens (tertiary/aromatic N) is 1. The topological polar surface area (TPSA) is 55.2 Å². The third-order valence-electron chi connectivity index (χ3n) is 3.91. The summed E-state index contributed by atoms with van der Waals surface area (Å²) in [5, 5.41) is 14.0. The number of hydrogen-bond acceptors (Lipinski definition) is 3. The van der Waals surface area contributed by atoms with Crippen molar-refractivity contribution >= 4 is 5.69 Å². The van der Waals surface area contributed by atoms with Crippen molar-refractivity contribution in [2.75, 3.05) is 0 Å². The second-order valence-corrected chi connectivity index (χ2v) is 5.47. The van der Waals surface area contributed by atoms with Crippen LogP contribution in [-0.2, 0) is 6.54 Å². The molecule has 1 aromatic rings.